The van der Waals surface area contributed by atoms with Gasteiger partial charge in [0.05, 0.1) is 21.3 Å². The Kier molecular flexibility index (Phi) is 6.74. The van der Waals surface area contributed by atoms with Gasteiger partial charge in [0.15, 0.2) is 11.8 Å². The molecule has 6 nitrogen and oxygen atoms in total. The lowest BCUT2D eigenvalue weighted by Gasteiger charge is -2.07. The number of rotatable bonds is 5. The second kappa shape index (κ2) is 9.24. The highest BCUT2D eigenvalue weighted by atomic mass is 127. The second-order valence-corrected chi connectivity index (χ2v) is 8.06. The van der Waals surface area contributed by atoms with Crippen molar-refractivity contribution >= 4 is 63.2 Å². The number of hydrogen-bond acceptors (Lipinski definition) is 6. The fourth-order valence-electron chi connectivity index (χ4n) is 2.29. The number of esters is 1. The summed E-state index contributed by atoms with van der Waals surface area (Å²) < 4.78 is 10.8. The molecule has 28 heavy (non-hydrogen) atoms. The van der Waals surface area contributed by atoms with Gasteiger partial charge < -0.3 is 14.8 Å². The van der Waals surface area contributed by atoms with Gasteiger partial charge >= 0.3 is 5.97 Å². The zero-order valence-corrected chi connectivity index (χ0v) is 18.2. The van der Waals surface area contributed by atoms with Crippen molar-refractivity contribution in [3.8, 4) is 5.75 Å². The van der Waals surface area contributed by atoms with Crippen LogP contribution >= 0.6 is 34.4 Å². The summed E-state index contributed by atoms with van der Waals surface area (Å²) >= 11 is 3.42. The molecule has 0 spiro atoms. The maximum Gasteiger partial charge on any atom is 0.343 e. The van der Waals surface area contributed by atoms with Crippen LogP contribution in [-0.4, -0.2) is 30.8 Å². The number of amides is 1. The minimum atomic E-state index is -0.443. The van der Waals surface area contributed by atoms with E-state index in [9.17, 15) is 9.59 Å². The molecule has 0 saturated carbocycles. The van der Waals surface area contributed by atoms with Crippen LogP contribution in [0.4, 0.5) is 5.69 Å². The Morgan fingerprint density at radius 2 is 2.00 bits per heavy atom. The van der Waals surface area contributed by atoms with Crippen LogP contribution in [0.2, 0.25) is 0 Å². The van der Waals surface area contributed by atoms with Crippen molar-refractivity contribution in [3.05, 3.63) is 62.1 Å². The molecule has 1 fully saturated rings. The highest BCUT2D eigenvalue weighted by molar-refractivity contribution is 14.1. The SMILES string of the molecule is COC(=O)COc1ccc(/C=C2/SC(=Nc3ccc(C)cc3)NC2=O)cc1I. The van der Waals surface area contributed by atoms with Crippen molar-refractivity contribution in [3.63, 3.8) is 0 Å². The smallest absolute Gasteiger partial charge is 0.343 e. The van der Waals surface area contributed by atoms with E-state index in [1.807, 2.05) is 43.3 Å². The molecule has 1 N–H and O–H groups in total. The summed E-state index contributed by atoms with van der Waals surface area (Å²) in [5, 5.41) is 3.33. The van der Waals surface area contributed by atoms with E-state index in [0.717, 1.165) is 20.4 Å². The molecule has 0 atom stereocenters. The van der Waals surface area contributed by atoms with Gasteiger partial charge in [-0.05, 0) is 77.2 Å². The maximum atomic E-state index is 12.2. The lowest BCUT2D eigenvalue weighted by atomic mass is 10.2. The molecular formula is C20H17IN2O4S. The Hall–Kier alpha value is -2.33. The maximum absolute atomic E-state index is 12.2. The van der Waals surface area contributed by atoms with Crippen molar-refractivity contribution in [2.24, 2.45) is 4.99 Å². The number of hydrogen-bond donors (Lipinski definition) is 1. The molecule has 0 bridgehead atoms. The van der Waals surface area contributed by atoms with Crippen molar-refractivity contribution in [1.29, 1.82) is 0 Å². The standard InChI is InChI=1S/C20H17IN2O4S/c1-12-3-6-14(7-4-12)22-20-23-19(25)17(28-20)10-13-5-8-16(15(21)9-13)27-11-18(24)26-2/h3-10H,11H2,1-2H3,(H,22,23,25)/b17-10+. The highest BCUT2D eigenvalue weighted by Crippen LogP contribution is 2.30. The molecule has 3 rings (SSSR count). The lowest BCUT2D eigenvalue weighted by Crippen LogP contribution is -2.19. The normalized spacial score (nSPS) is 16.3. The zero-order valence-electron chi connectivity index (χ0n) is 15.2. The first kappa shape index (κ1) is 20.4. The first-order valence-corrected chi connectivity index (χ1v) is 10.2. The number of nitrogens with one attached hydrogen (secondary N) is 1. The van der Waals surface area contributed by atoms with Gasteiger partial charge in [-0.25, -0.2) is 9.79 Å². The molecule has 2 aromatic carbocycles. The van der Waals surface area contributed by atoms with Crippen LogP contribution in [0.25, 0.3) is 6.08 Å². The molecule has 1 aliphatic rings. The van der Waals surface area contributed by atoms with Crippen LogP contribution < -0.4 is 10.1 Å². The van der Waals surface area contributed by atoms with E-state index >= 15 is 0 Å². The molecule has 144 valence electrons. The predicted molar refractivity (Wildman–Crippen MR) is 119 cm³/mol. The molecule has 0 aromatic heterocycles. The quantitative estimate of drug-likeness (QED) is 0.375. The number of halogens is 1. The monoisotopic (exact) mass is 508 g/mol. The van der Waals surface area contributed by atoms with Gasteiger partial charge in [-0.3, -0.25) is 4.79 Å². The molecular weight excluding hydrogens is 491 g/mol. The van der Waals surface area contributed by atoms with Gasteiger partial charge in [0.2, 0.25) is 0 Å². The van der Waals surface area contributed by atoms with Crippen molar-refractivity contribution in [2.45, 2.75) is 6.92 Å². The van der Waals surface area contributed by atoms with E-state index in [0.29, 0.717) is 15.8 Å². The average molecular weight is 508 g/mol. The number of nitrogens with zero attached hydrogens (tertiary/aromatic N) is 1. The number of ether oxygens (including phenoxy) is 2. The van der Waals surface area contributed by atoms with Crippen molar-refractivity contribution in [2.75, 3.05) is 13.7 Å². The summed E-state index contributed by atoms with van der Waals surface area (Å²) in [4.78, 5) is 28.5. The van der Waals surface area contributed by atoms with Gasteiger partial charge in [-0.15, -0.1) is 0 Å². The van der Waals surface area contributed by atoms with Crippen LogP contribution in [0.5, 0.6) is 5.75 Å². The highest BCUT2D eigenvalue weighted by Gasteiger charge is 2.23. The number of aliphatic imine (C=N–C) groups is 1. The number of carbonyl (C=O) groups excluding carboxylic acids is 2. The molecule has 0 aliphatic carbocycles. The van der Waals surface area contributed by atoms with E-state index in [-0.39, 0.29) is 12.5 Å². The summed E-state index contributed by atoms with van der Waals surface area (Å²) in [5.41, 5.74) is 2.79. The fourth-order valence-corrected chi connectivity index (χ4v) is 3.82. The number of carbonyl (C=O) groups is 2. The first-order chi connectivity index (χ1) is 13.4. The van der Waals surface area contributed by atoms with Gasteiger partial charge in [-0.1, -0.05) is 23.8 Å². The Balaban J connectivity index is 1.72. The Morgan fingerprint density at radius 3 is 2.68 bits per heavy atom. The number of amidine groups is 1. The summed E-state index contributed by atoms with van der Waals surface area (Å²) in [7, 11) is 1.31. The van der Waals surface area contributed by atoms with Crippen LogP contribution in [0, 0.1) is 10.5 Å². The van der Waals surface area contributed by atoms with E-state index in [4.69, 9.17) is 4.74 Å². The number of benzene rings is 2. The molecule has 0 unspecified atom stereocenters. The van der Waals surface area contributed by atoms with Crippen LogP contribution in [-0.2, 0) is 14.3 Å². The summed E-state index contributed by atoms with van der Waals surface area (Å²) in [6.07, 6.45) is 1.80. The first-order valence-electron chi connectivity index (χ1n) is 8.30. The Morgan fingerprint density at radius 1 is 1.25 bits per heavy atom. The molecule has 2 aromatic rings. The third-order valence-electron chi connectivity index (χ3n) is 3.74. The predicted octanol–water partition coefficient (Wildman–Crippen LogP) is 4.04. The Bertz CT molecular complexity index is 971. The van der Waals surface area contributed by atoms with E-state index in [1.54, 1.807) is 12.1 Å². The lowest BCUT2D eigenvalue weighted by molar-refractivity contribution is -0.142. The minimum absolute atomic E-state index is 0.149. The van der Waals surface area contributed by atoms with Crippen molar-refractivity contribution in [1.82, 2.24) is 5.32 Å². The second-order valence-electron chi connectivity index (χ2n) is 5.87. The van der Waals surface area contributed by atoms with Crippen LogP contribution in [0.15, 0.2) is 52.4 Å². The minimum Gasteiger partial charge on any atom is -0.481 e. The van der Waals surface area contributed by atoms with Crippen LogP contribution in [0.1, 0.15) is 11.1 Å². The van der Waals surface area contributed by atoms with Gasteiger partial charge in [0, 0.05) is 0 Å². The topological polar surface area (TPSA) is 77.0 Å². The van der Waals surface area contributed by atoms with Gasteiger partial charge in [-0.2, -0.15) is 0 Å². The summed E-state index contributed by atoms with van der Waals surface area (Å²) in [6.45, 7) is 1.86. The third-order valence-corrected chi connectivity index (χ3v) is 5.50. The molecule has 1 amide bonds. The molecule has 1 saturated heterocycles. The molecule has 1 heterocycles. The molecule has 1 aliphatic heterocycles. The Labute approximate surface area is 180 Å². The number of methoxy groups -OCH3 is 1. The molecule has 8 heteroatoms. The number of thioether (sulfide) groups is 1. The molecule has 0 radical (unpaired) electrons. The third kappa shape index (κ3) is 5.35. The average Bonchev–Trinajstić information content (AvgIpc) is 3.01. The number of aryl methyl sites for hydroxylation is 1. The van der Waals surface area contributed by atoms with E-state index in [1.165, 1.54) is 18.9 Å². The van der Waals surface area contributed by atoms with Gasteiger partial charge in [0.25, 0.3) is 5.91 Å². The summed E-state index contributed by atoms with van der Waals surface area (Å²) in [6, 6.07) is 13.2. The zero-order chi connectivity index (χ0) is 20.1. The van der Waals surface area contributed by atoms with Crippen LogP contribution in [0.3, 0.4) is 0 Å². The van der Waals surface area contributed by atoms with Gasteiger partial charge in [0.1, 0.15) is 5.75 Å². The largest absolute Gasteiger partial charge is 0.481 e. The summed E-state index contributed by atoms with van der Waals surface area (Å²) in [5.74, 6) is -0.0448. The van der Waals surface area contributed by atoms with E-state index < -0.39 is 5.97 Å². The fraction of sp³-hybridized carbons (Fsp3) is 0.150. The van der Waals surface area contributed by atoms with E-state index in [2.05, 4.69) is 37.6 Å². The van der Waals surface area contributed by atoms with Crippen molar-refractivity contribution < 1.29 is 19.1 Å².